The molecule has 0 saturated carbocycles. The summed E-state index contributed by atoms with van der Waals surface area (Å²) in [4.78, 5) is 12.5. The van der Waals surface area contributed by atoms with Gasteiger partial charge in [-0.05, 0) is 44.2 Å². The van der Waals surface area contributed by atoms with Crippen molar-refractivity contribution in [1.29, 1.82) is 0 Å². The van der Waals surface area contributed by atoms with Gasteiger partial charge in [0, 0.05) is 13.7 Å². The van der Waals surface area contributed by atoms with Crippen molar-refractivity contribution in [3.05, 3.63) is 58.4 Å². The zero-order valence-corrected chi connectivity index (χ0v) is 18.0. The predicted octanol–water partition coefficient (Wildman–Crippen LogP) is 3.12. The fraction of sp³-hybridized carbons (Fsp3) is 0.300. The average molecular weight is 435 g/mol. The molecule has 0 amide bonds. The van der Waals surface area contributed by atoms with E-state index in [1.807, 2.05) is 6.92 Å². The number of hydrogen-bond acceptors (Lipinski definition) is 6. The maximum absolute atomic E-state index is 12.8. The maximum atomic E-state index is 12.8. The van der Waals surface area contributed by atoms with E-state index < -0.39 is 16.0 Å². The number of rotatable bonds is 7. The molecule has 3 rings (SSSR count). The standard InChI is InChI=1S/C20H22N2O5S2/c1-4-27-19(23)15-7-10-17-18(13-15)28-20(22(17)11-12-26-3)21-29(24,25)16-8-5-14(2)6-9-16/h5-10,13H,4,11-12H2,1-3H3/b21-20-. The number of fused-ring (bicyclic) bond motifs is 1. The monoisotopic (exact) mass is 434 g/mol. The SMILES string of the molecule is CCOC(=O)c1ccc2c(c1)s/c(=N\S(=O)(=O)c1ccc(C)cc1)n2CCOC. The Morgan fingerprint density at radius 3 is 2.55 bits per heavy atom. The molecular formula is C20H22N2O5S2. The summed E-state index contributed by atoms with van der Waals surface area (Å²) >= 11 is 1.20. The number of thiazole rings is 1. The van der Waals surface area contributed by atoms with Gasteiger partial charge in [0.05, 0.1) is 33.9 Å². The first-order valence-corrected chi connectivity index (χ1v) is 11.3. The van der Waals surface area contributed by atoms with E-state index in [1.165, 1.54) is 11.3 Å². The average Bonchev–Trinajstić information content (AvgIpc) is 3.02. The van der Waals surface area contributed by atoms with Gasteiger partial charge in [-0.1, -0.05) is 29.0 Å². The number of nitrogens with zero attached hydrogens (tertiary/aromatic N) is 2. The summed E-state index contributed by atoms with van der Waals surface area (Å²) in [7, 11) is -2.30. The van der Waals surface area contributed by atoms with Crippen LogP contribution in [0, 0.1) is 6.92 Å². The van der Waals surface area contributed by atoms with Crippen LogP contribution in [0.2, 0.25) is 0 Å². The molecule has 1 heterocycles. The zero-order chi connectivity index (χ0) is 21.0. The minimum Gasteiger partial charge on any atom is -0.462 e. The number of aryl methyl sites for hydroxylation is 1. The third-order valence-corrected chi connectivity index (χ3v) is 6.67. The van der Waals surface area contributed by atoms with E-state index in [2.05, 4.69) is 4.40 Å². The van der Waals surface area contributed by atoms with Gasteiger partial charge in [0.15, 0.2) is 0 Å². The Balaban J connectivity index is 2.15. The van der Waals surface area contributed by atoms with Crippen molar-refractivity contribution < 1.29 is 22.7 Å². The lowest BCUT2D eigenvalue weighted by Crippen LogP contribution is -2.19. The van der Waals surface area contributed by atoms with E-state index in [0.717, 1.165) is 15.8 Å². The molecule has 29 heavy (non-hydrogen) atoms. The largest absolute Gasteiger partial charge is 0.462 e. The highest BCUT2D eigenvalue weighted by atomic mass is 32.2. The van der Waals surface area contributed by atoms with Crippen LogP contribution in [0.3, 0.4) is 0 Å². The van der Waals surface area contributed by atoms with E-state index in [9.17, 15) is 13.2 Å². The minimum absolute atomic E-state index is 0.131. The maximum Gasteiger partial charge on any atom is 0.338 e. The van der Waals surface area contributed by atoms with Gasteiger partial charge in [-0.3, -0.25) is 0 Å². The van der Waals surface area contributed by atoms with E-state index in [1.54, 1.807) is 61.1 Å². The van der Waals surface area contributed by atoms with E-state index >= 15 is 0 Å². The summed E-state index contributed by atoms with van der Waals surface area (Å²) < 4.78 is 42.4. The van der Waals surface area contributed by atoms with Crippen molar-refractivity contribution in [3.63, 3.8) is 0 Å². The Kier molecular flexibility index (Phi) is 6.51. The molecule has 154 valence electrons. The molecule has 1 aromatic heterocycles. The van der Waals surface area contributed by atoms with Gasteiger partial charge in [0.2, 0.25) is 4.80 Å². The van der Waals surface area contributed by atoms with Crippen LogP contribution >= 0.6 is 11.3 Å². The molecule has 0 aliphatic heterocycles. The summed E-state index contributed by atoms with van der Waals surface area (Å²) in [5.74, 6) is -0.419. The Morgan fingerprint density at radius 2 is 1.90 bits per heavy atom. The zero-order valence-electron chi connectivity index (χ0n) is 16.4. The number of benzene rings is 2. The lowest BCUT2D eigenvalue weighted by Gasteiger charge is -2.05. The Bertz CT molecular complexity index is 1190. The molecule has 3 aromatic rings. The van der Waals surface area contributed by atoms with Crippen LogP contribution in [0.15, 0.2) is 51.8 Å². The van der Waals surface area contributed by atoms with Gasteiger partial charge in [-0.25, -0.2) is 4.79 Å². The van der Waals surface area contributed by atoms with Gasteiger partial charge in [0.25, 0.3) is 10.0 Å². The Morgan fingerprint density at radius 1 is 1.17 bits per heavy atom. The molecule has 0 spiro atoms. The second-order valence-electron chi connectivity index (χ2n) is 6.31. The molecule has 0 aliphatic carbocycles. The highest BCUT2D eigenvalue weighted by Gasteiger charge is 2.16. The van der Waals surface area contributed by atoms with Gasteiger partial charge < -0.3 is 14.0 Å². The lowest BCUT2D eigenvalue weighted by molar-refractivity contribution is 0.0526. The van der Waals surface area contributed by atoms with Crippen molar-refractivity contribution in [1.82, 2.24) is 4.57 Å². The summed E-state index contributed by atoms with van der Waals surface area (Å²) in [6, 6.07) is 11.7. The lowest BCUT2D eigenvalue weighted by atomic mass is 10.2. The first kappa shape index (κ1) is 21.2. The van der Waals surface area contributed by atoms with Crippen molar-refractivity contribution >= 4 is 37.5 Å². The second kappa shape index (κ2) is 8.89. The van der Waals surface area contributed by atoms with Crippen molar-refractivity contribution in [3.8, 4) is 0 Å². The Hall–Kier alpha value is -2.49. The number of carbonyl (C=O) groups is 1. The summed E-state index contributed by atoms with van der Waals surface area (Å²) in [5, 5.41) is 0. The predicted molar refractivity (Wildman–Crippen MR) is 112 cm³/mol. The molecule has 0 aliphatic rings. The number of aromatic nitrogens is 1. The third kappa shape index (κ3) is 4.75. The summed E-state index contributed by atoms with van der Waals surface area (Å²) in [6.45, 7) is 4.73. The Labute approximate surface area is 173 Å². The van der Waals surface area contributed by atoms with E-state index in [4.69, 9.17) is 9.47 Å². The first-order chi connectivity index (χ1) is 13.9. The van der Waals surface area contributed by atoms with Crippen LogP contribution in [0.1, 0.15) is 22.8 Å². The van der Waals surface area contributed by atoms with Gasteiger partial charge in [-0.15, -0.1) is 4.40 Å². The normalized spacial score (nSPS) is 12.4. The molecule has 0 saturated heterocycles. The quantitative estimate of drug-likeness (QED) is 0.533. The van der Waals surface area contributed by atoms with Crippen LogP contribution in [-0.4, -0.2) is 39.3 Å². The molecule has 0 atom stereocenters. The van der Waals surface area contributed by atoms with Crippen LogP contribution < -0.4 is 4.80 Å². The summed E-state index contributed by atoms with van der Waals surface area (Å²) in [6.07, 6.45) is 0. The van der Waals surface area contributed by atoms with Crippen molar-refractivity contribution in [2.75, 3.05) is 20.3 Å². The smallest absolute Gasteiger partial charge is 0.338 e. The van der Waals surface area contributed by atoms with Crippen LogP contribution in [0.5, 0.6) is 0 Å². The summed E-state index contributed by atoms with van der Waals surface area (Å²) in [5.41, 5.74) is 2.15. The molecule has 0 radical (unpaired) electrons. The number of esters is 1. The molecule has 2 aromatic carbocycles. The second-order valence-corrected chi connectivity index (χ2v) is 8.92. The highest BCUT2D eigenvalue weighted by Crippen LogP contribution is 2.21. The van der Waals surface area contributed by atoms with Crippen LogP contribution in [0.25, 0.3) is 10.2 Å². The van der Waals surface area contributed by atoms with Gasteiger partial charge in [0.1, 0.15) is 0 Å². The molecule has 0 bridgehead atoms. The first-order valence-electron chi connectivity index (χ1n) is 9.03. The fourth-order valence-electron chi connectivity index (χ4n) is 2.75. The molecular weight excluding hydrogens is 412 g/mol. The van der Waals surface area contributed by atoms with E-state index in [-0.39, 0.29) is 11.5 Å². The highest BCUT2D eigenvalue weighted by molar-refractivity contribution is 7.90. The number of methoxy groups -OCH3 is 1. The van der Waals surface area contributed by atoms with Crippen LogP contribution in [-0.2, 0) is 26.0 Å². The van der Waals surface area contributed by atoms with E-state index in [0.29, 0.717) is 23.5 Å². The van der Waals surface area contributed by atoms with Gasteiger partial charge in [-0.2, -0.15) is 8.42 Å². The molecule has 7 nitrogen and oxygen atoms in total. The molecule has 9 heteroatoms. The van der Waals surface area contributed by atoms with Crippen LogP contribution in [0.4, 0.5) is 0 Å². The minimum atomic E-state index is -3.88. The number of sulfonamides is 1. The van der Waals surface area contributed by atoms with Crippen molar-refractivity contribution in [2.45, 2.75) is 25.3 Å². The molecule has 0 unspecified atom stereocenters. The van der Waals surface area contributed by atoms with Crippen molar-refractivity contribution in [2.24, 2.45) is 4.40 Å². The molecule has 0 fully saturated rings. The number of ether oxygens (including phenoxy) is 2. The molecule has 0 N–H and O–H groups in total. The topological polar surface area (TPSA) is 87.0 Å². The van der Waals surface area contributed by atoms with Gasteiger partial charge >= 0.3 is 5.97 Å². The number of hydrogen-bond donors (Lipinski definition) is 0. The number of carbonyl (C=O) groups excluding carboxylic acids is 1. The fourth-order valence-corrected chi connectivity index (χ4v) is 5.05. The third-order valence-electron chi connectivity index (χ3n) is 4.23.